The van der Waals surface area contributed by atoms with E-state index in [1.54, 1.807) is 21.9 Å². The summed E-state index contributed by atoms with van der Waals surface area (Å²) in [5.74, 6) is -1.12. The number of ether oxygens (including phenoxy) is 1. The molecule has 0 radical (unpaired) electrons. The second-order valence-electron chi connectivity index (χ2n) is 8.61. The SMILES string of the molecule is CCCCCn1ccc2cc(-c3ncc(OC(F)(F)CO)cn3)c(F)cc2c1=O.Nc1cn[nH]c(=O)c1C(F)(F)F. The van der Waals surface area contributed by atoms with Crippen molar-refractivity contribution in [3.63, 3.8) is 0 Å². The van der Waals surface area contributed by atoms with Crippen molar-refractivity contribution in [3.8, 4) is 17.1 Å². The summed E-state index contributed by atoms with van der Waals surface area (Å²) >= 11 is 0. The molecule has 0 saturated heterocycles. The quantitative estimate of drug-likeness (QED) is 0.206. The Kier molecular flexibility index (Phi) is 9.70. The van der Waals surface area contributed by atoms with E-state index in [1.807, 2.05) is 0 Å². The van der Waals surface area contributed by atoms with Crippen molar-refractivity contribution >= 4 is 16.5 Å². The molecule has 0 spiro atoms. The lowest BCUT2D eigenvalue weighted by Gasteiger charge is -2.14. The summed E-state index contributed by atoms with van der Waals surface area (Å²) in [6.45, 7) is 1.14. The first kappa shape index (κ1) is 31.1. The van der Waals surface area contributed by atoms with Crippen LogP contribution in [0.25, 0.3) is 22.2 Å². The second kappa shape index (κ2) is 12.8. The number of fused-ring (bicyclic) bond motifs is 1. The van der Waals surface area contributed by atoms with Crippen LogP contribution in [0.3, 0.4) is 0 Å². The first-order valence-corrected chi connectivity index (χ1v) is 12.0. The number of aromatic nitrogens is 5. The van der Waals surface area contributed by atoms with Crippen LogP contribution in [0.2, 0.25) is 0 Å². The van der Waals surface area contributed by atoms with Crippen LogP contribution in [0, 0.1) is 5.82 Å². The highest BCUT2D eigenvalue weighted by atomic mass is 19.4. The fourth-order valence-electron chi connectivity index (χ4n) is 3.60. The molecule has 0 amide bonds. The van der Waals surface area contributed by atoms with Gasteiger partial charge in [0.2, 0.25) is 0 Å². The monoisotopic (exact) mass is 586 g/mol. The Morgan fingerprint density at radius 2 is 1.76 bits per heavy atom. The van der Waals surface area contributed by atoms with Crippen LogP contribution in [0.5, 0.6) is 5.75 Å². The van der Waals surface area contributed by atoms with Gasteiger partial charge in [-0.2, -0.15) is 27.1 Å². The summed E-state index contributed by atoms with van der Waals surface area (Å²) in [6.07, 6.45) is -1.29. The maximum absolute atomic E-state index is 14.6. The lowest BCUT2D eigenvalue weighted by atomic mass is 10.1. The molecule has 0 saturated carbocycles. The molecule has 0 aliphatic rings. The van der Waals surface area contributed by atoms with Crippen molar-refractivity contribution in [2.24, 2.45) is 0 Å². The van der Waals surface area contributed by atoms with Crippen LogP contribution < -0.4 is 21.6 Å². The summed E-state index contributed by atoms with van der Waals surface area (Å²) in [4.78, 5) is 30.9. The zero-order valence-corrected chi connectivity index (χ0v) is 21.4. The molecular formula is C25H24F6N6O4. The Hall–Kier alpha value is -4.47. The number of anilines is 1. The molecule has 0 aliphatic heterocycles. The molecule has 1 aromatic carbocycles. The van der Waals surface area contributed by atoms with E-state index in [0.717, 1.165) is 43.9 Å². The van der Waals surface area contributed by atoms with Crippen LogP contribution in [0.15, 0.2) is 52.6 Å². The highest BCUT2D eigenvalue weighted by Crippen LogP contribution is 2.29. The summed E-state index contributed by atoms with van der Waals surface area (Å²) in [6, 6.07) is 4.29. The van der Waals surface area contributed by atoms with Crippen LogP contribution in [-0.4, -0.2) is 42.6 Å². The minimum absolute atomic E-state index is 0.0288. The Bertz CT molecular complexity index is 1610. The van der Waals surface area contributed by atoms with Crippen LogP contribution in [0.1, 0.15) is 31.7 Å². The zero-order chi connectivity index (χ0) is 30.4. The first-order valence-electron chi connectivity index (χ1n) is 12.0. The van der Waals surface area contributed by atoms with E-state index in [9.17, 15) is 35.9 Å². The van der Waals surface area contributed by atoms with Gasteiger partial charge in [0.1, 0.15) is 18.0 Å². The van der Waals surface area contributed by atoms with Gasteiger partial charge in [0.15, 0.2) is 11.6 Å². The fourth-order valence-corrected chi connectivity index (χ4v) is 3.60. The number of nitrogens with zero attached hydrogens (tertiary/aromatic N) is 4. The van der Waals surface area contributed by atoms with E-state index in [1.165, 1.54) is 6.07 Å². The second-order valence-corrected chi connectivity index (χ2v) is 8.61. The molecule has 0 bridgehead atoms. The molecule has 4 rings (SSSR count). The molecule has 4 N–H and O–H groups in total. The first-order chi connectivity index (χ1) is 19.3. The van der Waals surface area contributed by atoms with Crippen molar-refractivity contribution in [3.05, 3.63) is 75.1 Å². The lowest BCUT2D eigenvalue weighted by molar-refractivity contribution is -0.201. The molecule has 0 fully saturated rings. The Morgan fingerprint density at radius 1 is 1.07 bits per heavy atom. The van der Waals surface area contributed by atoms with Crippen molar-refractivity contribution in [1.82, 2.24) is 24.7 Å². The minimum Gasteiger partial charge on any atom is -0.428 e. The number of aromatic amines is 1. The van der Waals surface area contributed by atoms with Gasteiger partial charge in [0.25, 0.3) is 11.1 Å². The van der Waals surface area contributed by atoms with Gasteiger partial charge in [-0.05, 0) is 30.0 Å². The number of H-pyrrole nitrogens is 1. The predicted octanol–water partition coefficient (Wildman–Crippen LogP) is 4.12. The van der Waals surface area contributed by atoms with Crippen molar-refractivity contribution in [2.75, 3.05) is 12.3 Å². The molecule has 10 nitrogen and oxygen atoms in total. The molecule has 3 aromatic heterocycles. The van der Waals surface area contributed by atoms with Gasteiger partial charge in [-0.3, -0.25) is 9.59 Å². The van der Waals surface area contributed by atoms with Crippen LogP contribution in [-0.2, 0) is 12.7 Å². The largest absolute Gasteiger partial charge is 0.428 e. The van der Waals surface area contributed by atoms with Crippen molar-refractivity contribution < 1.29 is 36.2 Å². The highest BCUT2D eigenvalue weighted by Gasteiger charge is 2.36. The molecule has 4 aromatic rings. The number of benzene rings is 1. The lowest BCUT2D eigenvalue weighted by Crippen LogP contribution is -2.29. The van der Waals surface area contributed by atoms with Gasteiger partial charge in [0.05, 0.1) is 35.2 Å². The molecule has 0 aliphatic carbocycles. The van der Waals surface area contributed by atoms with E-state index in [2.05, 4.69) is 26.7 Å². The van der Waals surface area contributed by atoms with Gasteiger partial charge >= 0.3 is 12.3 Å². The van der Waals surface area contributed by atoms with Gasteiger partial charge in [0, 0.05) is 12.7 Å². The van der Waals surface area contributed by atoms with E-state index in [0.29, 0.717) is 11.9 Å². The normalized spacial score (nSPS) is 11.7. The average molecular weight is 586 g/mol. The fraction of sp³-hybridized carbons (Fsp3) is 0.320. The van der Waals surface area contributed by atoms with Crippen molar-refractivity contribution in [1.29, 1.82) is 0 Å². The number of unbranched alkanes of at least 4 members (excludes halogenated alkanes) is 2. The minimum atomic E-state index is -4.74. The third kappa shape index (κ3) is 7.81. The molecule has 0 atom stereocenters. The number of alkyl halides is 5. The summed E-state index contributed by atoms with van der Waals surface area (Å²) < 4.78 is 82.5. The number of nitrogens with one attached hydrogen (secondary N) is 1. The maximum Gasteiger partial charge on any atom is 0.423 e. The number of nitrogens with two attached hydrogens (primary N) is 1. The molecule has 16 heteroatoms. The third-order valence-corrected chi connectivity index (χ3v) is 5.56. The Morgan fingerprint density at radius 3 is 2.32 bits per heavy atom. The Labute approximate surface area is 227 Å². The number of aliphatic hydroxyl groups is 1. The standard InChI is InChI=1S/C20H20F3N3O3.C5H4F3N3O/c1-2-3-4-6-26-7-5-13-8-16(17(21)9-15(13)19(26)28)18-24-10-14(11-25-18)29-20(22,23)12-27;6-5(7,8)3-2(9)1-10-11-4(3)12/h5,7-11,27H,2-4,6,12H2,1H3;1H,(H3,9,11,12). The summed E-state index contributed by atoms with van der Waals surface area (Å²) in [5, 5.41) is 14.0. The Balaban J connectivity index is 0.000000322. The predicted molar refractivity (Wildman–Crippen MR) is 136 cm³/mol. The van der Waals surface area contributed by atoms with Crippen molar-refractivity contribution in [2.45, 2.75) is 45.0 Å². The molecule has 41 heavy (non-hydrogen) atoms. The number of hydrogen-bond acceptors (Lipinski definition) is 8. The van der Waals surface area contributed by atoms with Gasteiger partial charge in [-0.15, -0.1) is 0 Å². The number of nitrogen functional groups attached to an aromatic ring is 1. The summed E-state index contributed by atoms with van der Waals surface area (Å²) in [5.41, 5.74) is 1.25. The maximum atomic E-state index is 14.6. The highest BCUT2D eigenvalue weighted by molar-refractivity contribution is 5.86. The van der Waals surface area contributed by atoms with Crippen LogP contribution >= 0.6 is 0 Å². The van der Waals surface area contributed by atoms with Gasteiger partial charge in [-0.1, -0.05) is 19.8 Å². The van der Waals surface area contributed by atoms with Gasteiger partial charge < -0.3 is 20.1 Å². The zero-order valence-electron chi connectivity index (χ0n) is 21.4. The van der Waals surface area contributed by atoms with E-state index >= 15 is 0 Å². The third-order valence-electron chi connectivity index (χ3n) is 5.56. The van der Waals surface area contributed by atoms with E-state index < -0.39 is 41.5 Å². The molecular weight excluding hydrogens is 562 g/mol. The average Bonchev–Trinajstić information content (AvgIpc) is 2.90. The smallest absolute Gasteiger partial charge is 0.423 e. The number of rotatable bonds is 8. The summed E-state index contributed by atoms with van der Waals surface area (Å²) in [7, 11) is 0. The number of hydrogen-bond donors (Lipinski definition) is 3. The molecule has 220 valence electrons. The van der Waals surface area contributed by atoms with E-state index in [4.69, 9.17) is 10.8 Å². The molecule has 0 unspecified atom stereocenters. The van der Waals surface area contributed by atoms with Gasteiger partial charge in [-0.25, -0.2) is 19.5 Å². The number of aryl methyl sites for hydroxylation is 1. The van der Waals surface area contributed by atoms with E-state index in [-0.39, 0.29) is 28.1 Å². The topological polar surface area (TPSA) is 149 Å². The van der Waals surface area contributed by atoms with Crippen LogP contribution in [0.4, 0.5) is 32.0 Å². The number of halogens is 6. The number of aliphatic hydroxyl groups excluding tert-OH is 1. The molecule has 3 heterocycles. The number of pyridine rings is 1.